The van der Waals surface area contributed by atoms with Gasteiger partial charge in [0, 0.05) is 19.0 Å². The van der Waals surface area contributed by atoms with E-state index in [1.54, 1.807) is 30.3 Å². The maximum Gasteiger partial charge on any atom is 0.264 e. The molecule has 0 aliphatic heterocycles. The molecule has 4 aromatic rings. The number of carbonyl (C=O) groups is 2. The normalized spacial score (nSPS) is 12.0. The summed E-state index contributed by atoms with van der Waals surface area (Å²) in [6.07, 6.45) is 0.270. The van der Waals surface area contributed by atoms with E-state index in [2.05, 4.69) is 5.32 Å². The van der Waals surface area contributed by atoms with Crippen molar-refractivity contribution in [2.45, 2.75) is 64.6 Å². The number of nitrogens with zero attached hydrogens (tertiary/aromatic N) is 2. The smallest absolute Gasteiger partial charge is 0.264 e. The molecule has 2 amide bonds. The highest BCUT2D eigenvalue weighted by Crippen LogP contribution is 2.27. The molecular formula is C36H41N3O4S. The largest absolute Gasteiger partial charge is 0.352 e. The Morgan fingerprint density at radius 3 is 1.95 bits per heavy atom. The number of amides is 2. The van der Waals surface area contributed by atoms with Crippen molar-refractivity contribution in [1.29, 1.82) is 0 Å². The van der Waals surface area contributed by atoms with Crippen molar-refractivity contribution in [3.8, 4) is 0 Å². The molecular weight excluding hydrogens is 570 g/mol. The molecule has 0 aliphatic carbocycles. The Balaban J connectivity index is 1.81. The topological polar surface area (TPSA) is 86.8 Å². The number of anilines is 1. The Morgan fingerprint density at radius 1 is 0.750 bits per heavy atom. The maximum atomic E-state index is 14.5. The van der Waals surface area contributed by atoms with Crippen molar-refractivity contribution >= 4 is 27.5 Å². The van der Waals surface area contributed by atoms with Crippen LogP contribution in [-0.2, 0) is 32.6 Å². The number of sulfonamides is 1. The van der Waals surface area contributed by atoms with E-state index in [4.69, 9.17) is 0 Å². The molecule has 8 heteroatoms. The summed E-state index contributed by atoms with van der Waals surface area (Å²) in [7, 11) is -4.13. The fraction of sp³-hybridized carbons (Fsp3) is 0.278. The summed E-state index contributed by atoms with van der Waals surface area (Å²) in [4.78, 5) is 29.9. The van der Waals surface area contributed by atoms with Crippen LogP contribution in [0.3, 0.4) is 0 Å². The van der Waals surface area contributed by atoms with Crippen LogP contribution in [0.25, 0.3) is 0 Å². The predicted molar refractivity (Wildman–Crippen MR) is 176 cm³/mol. The molecule has 44 heavy (non-hydrogen) atoms. The molecule has 0 bridgehead atoms. The number of carbonyl (C=O) groups excluding carboxylic acids is 2. The molecule has 1 N–H and O–H groups in total. The summed E-state index contributed by atoms with van der Waals surface area (Å²) in [5, 5.41) is 2.98. The Labute approximate surface area is 261 Å². The molecule has 0 radical (unpaired) electrons. The Hall–Kier alpha value is -4.43. The van der Waals surface area contributed by atoms with Gasteiger partial charge in [0.15, 0.2) is 0 Å². The zero-order chi connectivity index (χ0) is 31.9. The highest BCUT2D eigenvalue weighted by Gasteiger charge is 2.34. The molecule has 1 atom stereocenters. The fourth-order valence-electron chi connectivity index (χ4n) is 4.95. The van der Waals surface area contributed by atoms with Crippen molar-refractivity contribution < 1.29 is 18.0 Å². The van der Waals surface area contributed by atoms with Crippen LogP contribution in [0.2, 0.25) is 0 Å². The van der Waals surface area contributed by atoms with Gasteiger partial charge in [0.2, 0.25) is 11.8 Å². The summed E-state index contributed by atoms with van der Waals surface area (Å²) in [6.45, 7) is 9.24. The van der Waals surface area contributed by atoms with E-state index in [1.807, 2.05) is 95.3 Å². The zero-order valence-electron chi connectivity index (χ0n) is 26.0. The lowest BCUT2D eigenvalue weighted by Gasteiger charge is -2.34. The number of rotatable bonds is 12. The second-order valence-corrected chi connectivity index (χ2v) is 13.3. The minimum Gasteiger partial charge on any atom is -0.352 e. The number of aryl methyl sites for hydroxylation is 3. The van der Waals surface area contributed by atoms with Gasteiger partial charge in [-0.2, -0.15) is 0 Å². The lowest BCUT2D eigenvalue weighted by molar-refractivity contribution is -0.140. The minimum atomic E-state index is -4.13. The first-order valence-electron chi connectivity index (χ1n) is 14.8. The molecule has 4 rings (SSSR count). The van der Waals surface area contributed by atoms with Crippen LogP contribution >= 0.6 is 0 Å². The SMILES string of the molecule is Cc1ccc(CN(C(=O)CN(c2ccc(C)c(C)c2)S(=O)(=O)c2ccccc2)C(Cc2ccccc2)C(=O)NC(C)C)cc1. The van der Waals surface area contributed by atoms with E-state index in [0.717, 1.165) is 32.1 Å². The standard InChI is InChI=1S/C36H41N3O4S/c1-26(2)37-36(41)34(23-30-12-8-6-9-13-30)38(24-31-19-16-27(3)17-20-31)35(40)25-39(32-21-18-28(4)29(5)22-32)44(42,43)33-14-10-7-11-15-33/h6-22,26,34H,23-25H2,1-5H3,(H,37,41). The Morgan fingerprint density at radius 2 is 1.36 bits per heavy atom. The van der Waals surface area contributed by atoms with Crippen LogP contribution in [0, 0.1) is 20.8 Å². The minimum absolute atomic E-state index is 0.0782. The summed E-state index contributed by atoms with van der Waals surface area (Å²) in [5.74, 6) is -0.781. The third kappa shape index (κ3) is 8.14. The zero-order valence-corrected chi connectivity index (χ0v) is 26.8. The second kappa shape index (κ2) is 14.4. The molecule has 0 saturated carbocycles. The number of benzene rings is 4. The first kappa shape index (κ1) is 32.5. The van der Waals surface area contributed by atoms with Crippen LogP contribution in [0.5, 0.6) is 0 Å². The third-order valence-electron chi connectivity index (χ3n) is 7.56. The van der Waals surface area contributed by atoms with E-state index in [-0.39, 0.29) is 29.8 Å². The van der Waals surface area contributed by atoms with E-state index in [9.17, 15) is 18.0 Å². The van der Waals surface area contributed by atoms with Crippen LogP contribution in [0.4, 0.5) is 5.69 Å². The molecule has 0 aliphatic rings. The van der Waals surface area contributed by atoms with Gasteiger partial charge in [-0.05, 0) is 81.1 Å². The first-order chi connectivity index (χ1) is 21.0. The summed E-state index contributed by atoms with van der Waals surface area (Å²) in [6, 6.07) is 29.7. The van der Waals surface area contributed by atoms with Crippen molar-refractivity contribution in [3.63, 3.8) is 0 Å². The van der Waals surface area contributed by atoms with Crippen LogP contribution in [-0.4, -0.2) is 43.8 Å². The van der Waals surface area contributed by atoms with Gasteiger partial charge in [-0.15, -0.1) is 0 Å². The number of hydrogen-bond acceptors (Lipinski definition) is 4. The number of nitrogens with one attached hydrogen (secondary N) is 1. The highest BCUT2D eigenvalue weighted by atomic mass is 32.2. The average molecular weight is 612 g/mol. The third-order valence-corrected chi connectivity index (χ3v) is 9.35. The maximum absolute atomic E-state index is 14.5. The van der Waals surface area contributed by atoms with Crippen LogP contribution < -0.4 is 9.62 Å². The molecule has 1 unspecified atom stereocenters. The highest BCUT2D eigenvalue weighted by molar-refractivity contribution is 7.92. The van der Waals surface area contributed by atoms with Gasteiger partial charge in [-0.1, -0.05) is 84.4 Å². The number of hydrogen-bond donors (Lipinski definition) is 1. The molecule has 7 nitrogen and oxygen atoms in total. The van der Waals surface area contributed by atoms with Gasteiger partial charge in [0.25, 0.3) is 10.0 Å². The lowest BCUT2D eigenvalue weighted by atomic mass is 10.0. The summed E-state index contributed by atoms with van der Waals surface area (Å²) < 4.78 is 29.4. The average Bonchev–Trinajstić information content (AvgIpc) is 3.00. The van der Waals surface area contributed by atoms with Gasteiger partial charge in [-0.3, -0.25) is 13.9 Å². The van der Waals surface area contributed by atoms with Crippen molar-refractivity contribution in [1.82, 2.24) is 10.2 Å². The fourth-order valence-corrected chi connectivity index (χ4v) is 6.38. The second-order valence-electron chi connectivity index (χ2n) is 11.5. The molecule has 0 saturated heterocycles. The van der Waals surface area contributed by atoms with Gasteiger partial charge in [-0.25, -0.2) is 8.42 Å². The van der Waals surface area contributed by atoms with E-state index in [0.29, 0.717) is 5.69 Å². The predicted octanol–water partition coefficient (Wildman–Crippen LogP) is 5.97. The van der Waals surface area contributed by atoms with Gasteiger partial charge in [0.05, 0.1) is 10.6 Å². The van der Waals surface area contributed by atoms with E-state index >= 15 is 0 Å². The van der Waals surface area contributed by atoms with Crippen molar-refractivity contribution in [2.75, 3.05) is 10.8 Å². The monoisotopic (exact) mass is 611 g/mol. The van der Waals surface area contributed by atoms with Crippen molar-refractivity contribution in [3.05, 3.63) is 131 Å². The molecule has 0 heterocycles. The van der Waals surface area contributed by atoms with E-state index < -0.39 is 28.5 Å². The van der Waals surface area contributed by atoms with E-state index in [1.165, 1.54) is 17.0 Å². The first-order valence-corrected chi connectivity index (χ1v) is 16.2. The van der Waals surface area contributed by atoms with Gasteiger partial charge < -0.3 is 10.2 Å². The molecule has 0 spiro atoms. The molecule has 0 aromatic heterocycles. The Kier molecular flexibility index (Phi) is 10.6. The Bertz CT molecular complexity index is 1670. The van der Waals surface area contributed by atoms with Crippen LogP contribution in [0.1, 0.15) is 41.7 Å². The van der Waals surface area contributed by atoms with Crippen molar-refractivity contribution in [2.24, 2.45) is 0 Å². The van der Waals surface area contributed by atoms with Gasteiger partial charge >= 0.3 is 0 Å². The van der Waals surface area contributed by atoms with Gasteiger partial charge in [0.1, 0.15) is 12.6 Å². The lowest BCUT2D eigenvalue weighted by Crippen LogP contribution is -2.54. The van der Waals surface area contributed by atoms with Crippen LogP contribution in [0.15, 0.2) is 108 Å². The quantitative estimate of drug-likeness (QED) is 0.214. The summed E-state index contributed by atoms with van der Waals surface area (Å²) >= 11 is 0. The molecule has 0 fully saturated rings. The molecule has 4 aromatic carbocycles. The molecule has 230 valence electrons. The summed E-state index contributed by atoms with van der Waals surface area (Å²) in [5.41, 5.74) is 5.08.